The molecule has 0 aromatic carbocycles. The third-order valence-corrected chi connectivity index (χ3v) is 2.27. The van der Waals surface area contributed by atoms with Gasteiger partial charge in [0.1, 0.15) is 0 Å². The highest BCUT2D eigenvalue weighted by Crippen LogP contribution is 2.10. The summed E-state index contributed by atoms with van der Waals surface area (Å²) >= 11 is 1.91. The maximum absolute atomic E-state index is 5.19. The smallest absolute Gasteiger partial charge is 0.0603 e. The molecule has 11 heavy (non-hydrogen) atoms. The Morgan fingerprint density at radius 2 is 1.82 bits per heavy atom. The van der Waals surface area contributed by atoms with Crippen LogP contribution in [0.5, 0.6) is 0 Å². The average molecular weight is 177 g/mol. The Balaban J connectivity index is 0.000000461. The summed E-state index contributed by atoms with van der Waals surface area (Å²) in [7, 11) is 0. The fourth-order valence-corrected chi connectivity index (χ4v) is 1.63. The van der Waals surface area contributed by atoms with Gasteiger partial charge < -0.3 is 4.74 Å². The number of ether oxygens (including phenoxy) is 1. The first-order valence-electron chi connectivity index (χ1n) is 4.39. The van der Waals surface area contributed by atoms with Crippen molar-refractivity contribution in [2.24, 2.45) is 0 Å². The first-order chi connectivity index (χ1) is 5.43. The Bertz CT molecular complexity index is 71.7. The molecular formula is C8H19NOS. The lowest BCUT2D eigenvalue weighted by Crippen LogP contribution is -2.31. The molecule has 1 aliphatic heterocycles. The van der Waals surface area contributed by atoms with Crippen LogP contribution in [-0.2, 0) is 4.74 Å². The van der Waals surface area contributed by atoms with Gasteiger partial charge in [0.2, 0.25) is 0 Å². The predicted octanol–water partition coefficient (Wildman–Crippen LogP) is 2.01. The molecule has 1 rings (SSSR count). The van der Waals surface area contributed by atoms with Crippen molar-refractivity contribution in [3.63, 3.8) is 0 Å². The van der Waals surface area contributed by atoms with E-state index in [-0.39, 0.29) is 0 Å². The molecular weight excluding hydrogens is 158 g/mol. The molecule has 0 amide bonds. The van der Waals surface area contributed by atoms with Gasteiger partial charge >= 0.3 is 0 Å². The zero-order chi connectivity index (χ0) is 8.53. The van der Waals surface area contributed by atoms with Gasteiger partial charge in [-0.05, 0) is 0 Å². The van der Waals surface area contributed by atoms with Gasteiger partial charge in [0.25, 0.3) is 0 Å². The van der Waals surface area contributed by atoms with Crippen molar-refractivity contribution < 1.29 is 4.74 Å². The van der Waals surface area contributed by atoms with Crippen LogP contribution in [0.2, 0.25) is 0 Å². The molecule has 68 valence electrons. The molecule has 0 N–H and O–H groups in total. The van der Waals surface area contributed by atoms with Gasteiger partial charge in [-0.3, -0.25) is 0 Å². The quantitative estimate of drug-likeness (QED) is 0.599. The normalized spacial score (nSPS) is 18.8. The average Bonchev–Trinajstić information content (AvgIpc) is 2.11. The van der Waals surface area contributed by atoms with Gasteiger partial charge in [-0.2, -0.15) is 0 Å². The molecule has 0 spiro atoms. The first-order valence-corrected chi connectivity index (χ1v) is 5.33. The molecule has 3 heteroatoms. The van der Waals surface area contributed by atoms with Crippen molar-refractivity contribution in [3.8, 4) is 0 Å². The molecule has 0 aromatic rings. The van der Waals surface area contributed by atoms with Crippen LogP contribution in [0.1, 0.15) is 20.8 Å². The zero-order valence-electron chi connectivity index (χ0n) is 7.80. The third kappa shape index (κ3) is 5.53. The van der Waals surface area contributed by atoms with E-state index in [0.717, 1.165) is 26.3 Å². The summed E-state index contributed by atoms with van der Waals surface area (Å²) in [5.41, 5.74) is 0. The van der Waals surface area contributed by atoms with Crippen LogP contribution < -0.4 is 0 Å². The van der Waals surface area contributed by atoms with Gasteiger partial charge in [0.05, 0.1) is 13.2 Å². The number of rotatable bonds is 2. The van der Waals surface area contributed by atoms with Crippen molar-refractivity contribution in [1.29, 1.82) is 0 Å². The van der Waals surface area contributed by atoms with E-state index < -0.39 is 0 Å². The van der Waals surface area contributed by atoms with Crippen LogP contribution in [0.4, 0.5) is 0 Å². The Labute approximate surface area is 74.4 Å². The SMILES string of the molecule is CC.CCSN1CCOCC1. The number of nitrogens with zero attached hydrogens (tertiary/aromatic N) is 1. The fraction of sp³-hybridized carbons (Fsp3) is 1.00. The van der Waals surface area contributed by atoms with Crippen LogP contribution >= 0.6 is 11.9 Å². The summed E-state index contributed by atoms with van der Waals surface area (Å²) in [6, 6.07) is 0. The minimum atomic E-state index is 0.910. The van der Waals surface area contributed by atoms with Crippen molar-refractivity contribution in [2.45, 2.75) is 20.8 Å². The minimum Gasteiger partial charge on any atom is -0.379 e. The van der Waals surface area contributed by atoms with E-state index in [1.807, 2.05) is 25.8 Å². The van der Waals surface area contributed by atoms with Crippen LogP contribution in [0.15, 0.2) is 0 Å². The molecule has 1 heterocycles. The van der Waals surface area contributed by atoms with Crippen LogP contribution in [0.3, 0.4) is 0 Å². The maximum Gasteiger partial charge on any atom is 0.0603 e. The van der Waals surface area contributed by atoms with Gasteiger partial charge in [-0.15, -0.1) is 0 Å². The fourth-order valence-electron chi connectivity index (χ4n) is 0.858. The monoisotopic (exact) mass is 177 g/mol. The van der Waals surface area contributed by atoms with Crippen molar-refractivity contribution >= 4 is 11.9 Å². The van der Waals surface area contributed by atoms with E-state index in [2.05, 4.69) is 11.2 Å². The van der Waals surface area contributed by atoms with Gasteiger partial charge in [0.15, 0.2) is 0 Å². The molecule has 0 unspecified atom stereocenters. The van der Waals surface area contributed by atoms with Crippen molar-refractivity contribution in [1.82, 2.24) is 4.31 Å². The Kier molecular flexibility index (Phi) is 8.57. The van der Waals surface area contributed by atoms with E-state index in [0.29, 0.717) is 0 Å². The summed E-state index contributed by atoms with van der Waals surface area (Å²) in [5, 5.41) is 0. The second-order valence-corrected chi connectivity index (χ2v) is 3.31. The number of hydrogen-bond donors (Lipinski definition) is 0. The molecule has 0 radical (unpaired) electrons. The minimum absolute atomic E-state index is 0.910. The zero-order valence-corrected chi connectivity index (χ0v) is 8.62. The Morgan fingerprint density at radius 1 is 1.27 bits per heavy atom. The molecule has 1 fully saturated rings. The molecule has 1 saturated heterocycles. The predicted molar refractivity (Wildman–Crippen MR) is 51.9 cm³/mol. The van der Waals surface area contributed by atoms with Gasteiger partial charge in [-0.25, -0.2) is 4.31 Å². The first kappa shape index (κ1) is 11.3. The third-order valence-electron chi connectivity index (χ3n) is 1.28. The lowest BCUT2D eigenvalue weighted by Gasteiger charge is -2.24. The lowest BCUT2D eigenvalue weighted by atomic mass is 10.5. The molecule has 0 saturated carbocycles. The largest absolute Gasteiger partial charge is 0.379 e. The Morgan fingerprint density at radius 3 is 2.27 bits per heavy atom. The molecule has 1 aliphatic rings. The summed E-state index contributed by atoms with van der Waals surface area (Å²) in [6.07, 6.45) is 0. The second-order valence-electron chi connectivity index (χ2n) is 1.96. The summed E-state index contributed by atoms with van der Waals surface area (Å²) in [5.74, 6) is 1.18. The molecule has 0 atom stereocenters. The number of hydrogen-bond acceptors (Lipinski definition) is 3. The second kappa shape index (κ2) is 8.37. The van der Waals surface area contributed by atoms with E-state index in [4.69, 9.17) is 4.74 Å². The van der Waals surface area contributed by atoms with E-state index in [1.54, 1.807) is 0 Å². The van der Waals surface area contributed by atoms with Crippen molar-refractivity contribution in [3.05, 3.63) is 0 Å². The highest BCUT2D eigenvalue weighted by Gasteiger charge is 2.08. The maximum atomic E-state index is 5.19. The Hall–Kier alpha value is 0.270. The number of morpholine rings is 1. The molecule has 0 aromatic heterocycles. The topological polar surface area (TPSA) is 12.5 Å². The van der Waals surface area contributed by atoms with Gasteiger partial charge in [0, 0.05) is 18.8 Å². The lowest BCUT2D eigenvalue weighted by molar-refractivity contribution is 0.0774. The summed E-state index contributed by atoms with van der Waals surface area (Å²) in [4.78, 5) is 0. The summed E-state index contributed by atoms with van der Waals surface area (Å²) in [6.45, 7) is 10.2. The van der Waals surface area contributed by atoms with Crippen molar-refractivity contribution in [2.75, 3.05) is 32.1 Å². The van der Waals surface area contributed by atoms with Crippen LogP contribution in [0, 0.1) is 0 Å². The van der Waals surface area contributed by atoms with E-state index in [9.17, 15) is 0 Å². The highest BCUT2D eigenvalue weighted by molar-refractivity contribution is 7.96. The standard InChI is InChI=1S/C6H13NOS.C2H6/c1-2-9-7-3-5-8-6-4-7;1-2/h2-6H2,1H3;1-2H3. The van der Waals surface area contributed by atoms with E-state index >= 15 is 0 Å². The van der Waals surface area contributed by atoms with Gasteiger partial charge in [-0.1, -0.05) is 32.7 Å². The molecule has 0 bridgehead atoms. The van der Waals surface area contributed by atoms with Crippen LogP contribution in [-0.4, -0.2) is 36.4 Å². The molecule has 2 nitrogen and oxygen atoms in total. The van der Waals surface area contributed by atoms with E-state index in [1.165, 1.54) is 5.75 Å². The molecule has 0 aliphatic carbocycles. The summed E-state index contributed by atoms with van der Waals surface area (Å²) < 4.78 is 7.56. The highest BCUT2D eigenvalue weighted by atomic mass is 32.2. The van der Waals surface area contributed by atoms with Crippen LogP contribution in [0.25, 0.3) is 0 Å².